The predicted molar refractivity (Wildman–Crippen MR) is 95.8 cm³/mol. The molecule has 0 saturated heterocycles. The predicted octanol–water partition coefficient (Wildman–Crippen LogP) is 4.05. The van der Waals surface area contributed by atoms with Gasteiger partial charge in [-0.1, -0.05) is 23.9 Å². The van der Waals surface area contributed by atoms with Crippen LogP contribution in [0, 0.1) is 23.1 Å². The molecule has 0 unspecified atom stereocenters. The molecule has 0 aliphatic rings. The maximum atomic E-state index is 13.1. The number of halogens is 1. The third kappa shape index (κ3) is 3.07. The number of thioether (sulfide) groups is 1. The van der Waals surface area contributed by atoms with E-state index >= 15 is 0 Å². The number of nitriles is 1. The van der Waals surface area contributed by atoms with Gasteiger partial charge in [-0.25, -0.2) is 9.37 Å². The second kappa shape index (κ2) is 6.75. The van der Waals surface area contributed by atoms with Crippen molar-refractivity contribution < 1.29 is 4.39 Å². The molecule has 0 saturated carbocycles. The number of hydrogen-bond donors (Lipinski definition) is 0. The Morgan fingerprint density at radius 1 is 1.42 bits per heavy atom. The van der Waals surface area contributed by atoms with E-state index in [2.05, 4.69) is 11.1 Å². The fourth-order valence-corrected chi connectivity index (χ4v) is 4.16. The number of rotatable bonds is 4. The van der Waals surface area contributed by atoms with Crippen LogP contribution in [0.4, 0.5) is 4.39 Å². The molecule has 2 aromatic heterocycles. The molecular formula is C17H14FN3OS2. The van der Waals surface area contributed by atoms with Crippen LogP contribution in [-0.2, 0) is 7.05 Å². The van der Waals surface area contributed by atoms with Crippen LogP contribution in [0.2, 0.25) is 0 Å². The molecule has 122 valence electrons. The Labute approximate surface area is 146 Å². The van der Waals surface area contributed by atoms with Crippen molar-refractivity contribution in [3.63, 3.8) is 0 Å². The van der Waals surface area contributed by atoms with Gasteiger partial charge in [-0.3, -0.25) is 9.36 Å². The number of thiophene rings is 1. The normalized spacial score (nSPS) is 12.2. The van der Waals surface area contributed by atoms with E-state index in [0.717, 1.165) is 11.1 Å². The Morgan fingerprint density at radius 2 is 2.12 bits per heavy atom. The van der Waals surface area contributed by atoms with Gasteiger partial charge in [-0.2, -0.15) is 5.26 Å². The monoisotopic (exact) mass is 359 g/mol. The number of benzene rings is 1. The fourth-order valence-electron chi connectivity index (χ4n) is 2.26. The van der Waals surface area contributed by atoms with Crippen LogP contribution in [0.3, 0.4) is 0 Å². The standard InChI is InChI=1S/C17H14FN3OS2/c1-10(7-19)8-24-17-20-15-14(16(22)21(17)2)13(9-23-15)11-3-5-12(18)6-4-11/h3-6,9-10H,8H2,1-2H3/t10-/m1/s1. The molecule has 2 heterocycles. The molecule has 3 rings (SSSR count). The van der Waals surface area contributed by atoms with Crippen molar-refractivity contribution in [3.05, 3.63) is 45.8 Å². The summed E-state index contributed by atoms with van der Waals surface area (Å²) < 4.78 is 14.6. The highest BCUT2D eigenvalue weighted by atomic mass is 32.2. The number of nitrogens with zero attached hydrogens (tertiary/aromatic N) is 3. The molecule has 4 nitrogen and oxygen atoms in total. The molecule has 0 amide bonds. The average molecular weight is 359 g/mol. The van der Waals surface area contributed by atoms with E-state index in [1.807, 2.05) is 12.3 Å². The molecule has 0 aliphatic carbocycles. The van der Waals surface area contributed by atoms with Crippen LogP contribution < -0.4 is 5.56 Å². The highest BCUT2D eigenvalue weighted by molar-refractivity contribution is 7.99. The number of hydrogen-bond acceptors (Lipinski definition) is 5. The van der Waals surface area contributed by atoms with Crippen molar-refractivity contribution in [1.82, 2.24) is 9.55 Å². The van der Waals surface area contributed by atoms with Gasteiger partial charge < -0.3 is 0 Å². The van der Waals surface area contributed by atoms with Crippen molar-refractivity contribution in [2.75, 3.05) is 5.75 Å². The van der Waals surface area contributed by atoms with Gasteiger partial charge in [0.15, 0.2) is 5.16 Å². The first kappa shape index (κ1) is 16.7. The molecule has 24 heavy (non-hydrogen) atoms. The summed E-state index contributed by atoms with van der Waals surface area (Å²) in [7, 11) is 1.68. The largest absolute Gasteiger partial charge is 0.290 e. The minimum absolute atomic E-state index is 0.110. The summed E-state index contributed by atoms with van der Waals surface area (Å²) in [5.74, 6) is 0.161. The molecule has 0 radical (unpaired) electrons. The molecule has 3 aromatic rings. The van der Waals surface area contributed by atoms with E-state index in [1.165, 1.54) is 39.8 Å². The highest BCUT2D eigenvalue weighted by Crippen LogP contribution is 2.32. The molecule has 0 aliphatic heterocycles. The molecule has 0 bridgehead atoms. The fraction of sp³-hybridized carbons (Fsp3) is 0.235. The molecular weight excluding hydrogens is 345 g/mol. The number of aromatic nitrogens is 2. The topological polar surface area (TPSA) is 58.7 Å². The maximum Gasteiger partial charge on any atom is 0.263 e. The van der Waals surface area contributed by atoms with Crippen LogP contribution in [0.5, 0.6) is 0 Å². The smallest absolute Gasteiger partial charge is 0.263 e. The Hall–Kier alpha value is -2.17. The van der Waals surface area contributed by atoms with Crippen molar-refractivity contribution in [2.24, 2.45) is 13.0 Å². The van der Waals surface area contributed by atoms with Crippen LogP contribution in [-0.4, -0.2) is 15.3 Å². The van der Waals surface area contributed by atoms with Crippen LogP contribution in [0.15, 0.2) is 39.6 Å². The second-order valence-corrected chi connectivity index (χ2v) is 7.28. The van der Waals surface area contributed by atoms with Gasteiger partial charge in [0.05, 0.1) is 17.4 Å². The van der Waals surface area contributed by atoms with Gasteiger partial charge in [0.1, 0.15) is 10.6 Å². The average Bonchev–Trinajstić information content (AvgIpc) is 3.01. The zero-order valence-corrected chi connectivity index (χ0v) is 14.7. The van der Waals surface area contributed by atoms with E-state index in [1.54, 1.807) is 19.2 Å². The Bertz CT molecular complexity index is 986. The molecule has 1 atom stereocenters. The van der Waals surface area contributed by atoms with Gasteiger partial charge in [0, 0.05) is 23.7 Å². The van der Waals surface area contributed by atoms with E-state index < -0.39 is 0 Å². The summed E-state index contributed by atoms with van der Waals surface area (Å²) in [5, 5.41) is 11.9. The molecule has 0 spiro atoms. The van der Waals surface area contributed by atoms with E-state index in [9.17, 15) is 9.18 Å². The lowest BCUT2D eigenvalue weighted by Gasteiger charge is -2.08. The summed E-state index contributed by atoms with van der Waals surface area (Å²) in [4.78, 5) is 18.0. The van der Waals surface area contributed by atoms with Gasteiger partial charge in [0.2, 0.25) is 0 Å². The van der Waals surface area contributed by atoms with Crippen molar-refractivity contribution in [2.45, 2.75) is 12.1 Å². The van der Waals surface area contributed by atoms with Crippen molar-refractivity contribution in [1.29, 1.82) is 5.26 Å². The summed E-state index contributed by atoms with van der Waals surface area (Å²) in [6.45, 7) is 1.83. The van der Waals surface area contributed by atoms with E-state index in [0.29, 0.717) is 21.1 Å². The zero-order valence-electron chi connectivity index (χ0n) is 13.1. The summed E-state index contributed by atoms with van der Waals surface area (Å²) in [6.07, 6.45) is 0. The molecule has 0 N–H and O–H groups in total. The van der Waals surface area contributed by atoms with E-state index in [-0.39, 0.29) is 17.3 Å². The lowest BCUT2D eigenvalue weighted by atomic mass is 10.1. The minimum Gasteiger partial charge on any atom is -0.290 e. The van der Waals surface area contributed by atoms with Crippen molar-refractivity contribution >= 4 is 33.3 Å². The van der Waals surface area contributed by atoms with E-state index in [4.69, 9.17) is 5.26 Å². The van der Waals surface area contributed by atoms with Crippen LogP contribution >= 0.6 is 23.1 Å². The van der Waals surface area contributed by atoms with Crippen LogP contribution in [0.25, 0.3) is 21.3 Å². The highest BCUT2D eigenvalue weighted by Gasteiger charge is 2.16. The minimum atomic E-state index is -0.311. The first-order valence-electron chi connectivity index (χ1n) is 7.28. The zero-order chi connectivity index (χ0) is 17.3. The lowest BCUT2D eigenvalue weighted by Crippen LogP contribution is -2.20. The Morgan fingerprint density at radius 3 is 2.79 bits per heavy atom. The first-order chi connectivity index (χ1) is 11.5. The molecule has 7 heteroatoms. The lowest BCUT2D eigenvalue weighted by molar-refractivity contribution is 0.628. The SMILES string of the molecule is C[C@H](C#N)CSc1nc2scc(-c3ccc(F)cc3)c2c(=O)n1C. The Balaban J connectivity index is 2.08. The Kier molecular flexibility index (Phi) is 4.69. The third-order valence-electron chi connectivity index (χ3n) is 3.61. The first-order valence-corrected chi connectivity index (χ1v) is 9.14. The van der Waals surface area contributed by atoms with Gasteiger partial charge in [0.25, 0.3) is 5.56 Å². The summed E-state index contributed by atoms with van der Waals surface area (Å²) in [6, 6.07) is 8.25. The summed E-state index contributed by atoms with van der Waals surface area (Å²) >= 11 is 2.80. The molecule has 0 fully saturated rings. The van der Waals surface area contributed by atoms with Crippen molar-refractivity contribution in [3.8, 4) is 17.2 Å². The molecule has 1 aromatic carbocycles. The number of fused-ring (bicyclic) bond motifs is 1. The second-order valence-electron chi connectivity index (χ2n) is 5.44. The maximum absolute atomic E-state index is 13.1. The third-order valence-corrected chi connectivity index (χ3v) is 5.77. The van der Waals surface area contributed by atoms with Gasteiger partial charge in [-0.15, -0.1) is 11.3 Å². The summed E-state index contributed by atoms with van der Waals surface area (Å²) in [5.41, 5.74) is 1.43. The van der Waals surface area contributed by atoms with Gasteiger partial charge in [-0.05, 0) is 24.6 Å². The van der Waals surface area contributed by atoms with Crippen LogP contribution in [0.1, 0.15) is 6.92 Å². The van der Waals surface area contributed by atoms with Gasteiger partial charge >= 0.3 is 0 Å². The quantitative estimate of drug-likeness (QED) is 0.521.